The van der Waals surface area contributed by atoms with E-state index in [9.17, 15) is 14.0 Å². The number of allylic oxidation sites excluding steroid dienone is 4. The van der Waals surface area contributed by atoms with Crippen LogP contribution in [0.25, 0.3) is 0 Å². The number of carbonyl (C=O) groups excluding carboxylic acids is 2. The van der Waals surface area contributed by atoms with Crippen LogP contribution in [-0.2, 0) is 9.47 Å². The SMILES string of the molecule is CC(C)(C)OC(=O)NC[C@]1(C2C=CC=C(Cl)C2)CC[C@@H](OC(=O)c2ccccc2F)CC1. The molecule has 0 spiro atoms. The Morgan fingerprint density at radius 2 is 1.91 bits per heavy atom. The first-order valence-corrected chi connectivity index (χ1v) is 11.4. The third kappa shape index (κ3) is 6.35. The molecule has 0 radical (unpaired) electrons. The van der Waals surface area contributed by atoms with Crippen LogP contribution >= 0.6 is 11.6 Å². The molecule has 1 fully saturated rings. The van der Waals surface area contributed by atoms with Gasteiger partial charge in [0.05, 0.1) is 5.56 Å². The molecule has 1 aromatic rings. The Balaban J connectivity index is 1.66. The minimum atomic E-state index is -0.643. The van der Waals surface area contributed by atoms with Crippen molar-refractivity contribution in [2.75, 3.05) is 6.54 Å². The zero-order valence-corrected chi connectivity index (χ0v) is 19.6. The summed E-state index contributed by atoms with van der Waals surface area (Å²) in [5.41, 5.74) is -0.863. The quantitative estimate of drug-likeness (QED) is 0.533. The fourth-order valence-electron chi connectivity index (χ4n) is 4.43. The summed E-state index contributed by atoms with van der Waals surface area (Å²) in [6.07, 6.45) is 8.65. The van der Waals surface area contributed by atoms with Gasteiger partial charge in [0, 0.05) is 11.6 Å². The lowest BCUT2D eigenvalue weighted by atomic mass is 9.63. The normalized spacial score (nSPS) is 25.6. The van der Waals surface area contributed by atoms with Gasteiger partial charge in [-0.25, -0.2) is 14.0 Å². The van der Waals surface area contributed by atoms with E-state index in [-0.39, 0.29) is 23.0 Å². The van der Waals surface area contributed by atoms with Gasteiger partial charge in [-0.1, -0.05) is 35.9 Å². The number of hydrogen-bond donors (Lipinski definition) is 1. The maximum Gasteiger partial charge on any atom is 0.407 e. The van der Waals surface area contributed by atoms with Gasteiger partial charge in [0.25, 0.3) is 0 Å². The van der Waals surface area contributed by atoms with Gasteiger partial charge in [0.15, 0.2) is 0 Å². The molecule has 7 heteroatoms. The van der Waals surface area contributed by atoms with Crippen molar-refractivity contribution in [1.29, 1.82) is 0 Å². The summed E-state index contributed by atoms with van der Waals surface area (Å²) in [5, 5.41) is 3.72. The number of rotatable bonds is 5. The maximum absolute atomic E-state index is 13.9. The molecule has 0 aromatic heterocycles. The molecular weight excluding hydrogens is 433 g/mol. The average molecular weight is 464 g/mol. The molecule has 2 aliphatic rings. The van der Waals surface area contributed by atoms with E-state index in [0.717, 1.165) is 17.9 Å². The second-order valence-corrected chi connectivity index (χ2v) is 10.1. The van der Waals surface area contributed by atoms with Crippen LogP contribution in [0.4, 0.5) is 9.18 Å². The van der Waals surface area contributed by atoms with Gasteiger partial charge in [-0.2, -0.15) is 0 Å². The summed E-state index contributed by atoms with van der Waals surface area (Å²) in [7, 11) is 0. The van der Waals surface area contributed by atoms with Crippen LogP contribution in [-0.4, -0.2) is 30.3 Å². The maximum atomic E-state index is 13.9. The Bertz CT molecular complexity index is 897. The van der Waals surface area contributed by atoms with Crippen molar-refractivity contribution in [3.8, 4) is 0 Å². The molecule has 32 heavy (non-hydrogen) atoms. The number of hydrogen-bond acceptors (Lipinski definition) is 4. The first kappa shape index (κ1) is 24.3. The largest absolute Gasteiger partial charge is 0.459 e. The van der Waals surface area contributed by atoms with Gasteiger partial charge in [-0.15, -0.1) is 0 Å². The molecule has 2 aliphatic carbocycles. The minimum Gasteiger partial charge on any atom is -0.459 e. The number of halogens is 2. The summed E-state index contributed by atoms with van der Waals surface area (Å²) >= 11 is 6.32. The van der Waals surface area contributed by atoms with E-state index in [1.54, 1.807) is 6.07 Å². The predicted molar refractivity (Wildman–Crippen MR) is 122 cm³/mol. The van der Waals surface area contributed by atoms with Gasteiger partial charge < -0.3 is 14.8 Å². The van der Waals surface area contributed by atoms with Crippen molar-refractivity contribution in [3.05, 3.63) is 58.9 Å². The molecule has 174 valence electrons. The molecule has 1 saturated carbocycles. The Kier molecular flexibility index (Phi) is 7.65. The van der Waals surface area contributed by atoms with Crippen molar-refractivity contribution in [1.82, 2.24) is 5.32 Å². The molecule has 1 amide bonds. The third-order valence-electron chi connectivity index (χ3n) is 6.10. The fourth-order valence-corrected chi connectivity index (χ4v) is 4.67. The van der Waals surface area contributed by atoms with Crippen LogP contribution < -0.4 is 5.32 Å². The van der Waals surface area contributed by atoms with E-state index in [4.69, 9.17) is 21.1 Å². The van der Waals surface area contributed by atoms with Crippen molar-refractivity contribution in [2.24, 2.45) is 11.3 Å². The lowest BCUT2D eigenvalue weighted by Gasteiger charge is -2.45. The number of benzene rings is 1. The summed E-state index contributed by atoms with van der Waals surface area (Å²) in [6, 6.07) is 5.82. The van der Waals surface area contributed by atoms with Crippen LogP contribution in [0.3, 0.4) is 0 Å². The predicted octanol–water partition coefficient (Wildman–Crippen LogP) is 6.14. The molecule has 0 aliphatic heterocycles. The molecule has 5 nitrogen and oxygen atoms in total. The smallest absolute Gasteiger partial charge is 0.407 e. The van der Waals surface area contributed by atoms with Gasteiger partial charge in [-0.3, -0.25) is 0 Å². The number of nitrogens with one attached hydrogen (secondary N) is 1. The highest BCUT2D eigenvalue weighted by atomic mass is 35.5. The van der Waals surface area contributed by atoms with Crippen molar-refractivity contribution in [3.63, 3.8) is 0 Å². The molecule has 0 heterocycles. The summed E-state index contributed by atoms with van der Waals surface area (Å²) in [4.78, 5) is 24.7. The highest BCUT2D eigenvalue weighted by Gasteiger charge is 2.43. The van der Waals surface area contributed by atoms with Crippen LogP contribution in [0, 0.1) is 17.2 Å². The van der Waals surface area contributed by atoms with Gasteiger partial charge in [0.1, 0.15) is 17.5 Å². The fraction of sp³-hybridized carbons (Fsp3) is 0.520. The van der Waals surface area contributed by atoms with Crippen molar-refractivity contribution in [2.45, 2.75) is 64.6 Å². The van der Waals surface area contributed by atoms with Crippen LogP contribution in [0.15, 0.2) is 47.5 Å². The van der Waals surface area contributed by atoms with Gasteiger partial charge in [-0.05, 0) is 82.4 Å². The number of carbonyl (C=O) groups is 2. The highest BCUT2D eigenvalue weighted by Crippen LogP contribution is 2.47. The second-order valence-electron chi connectivity index (χ2n) is 9.61. The molecule has 1 unspecified atom stereocenters. The van der Waals surface area contributed by atoms with E-state index < -0.39 is 23.5 Å². The van der Waals surface area contributed by atoms with E-state index in [0.29, 0.717) is 25.8 Å². The zero-order chi connectivity index (χ0) is 23.4. The molecule has 1 atom stereocenters. The van der Waals surface area contributed by atoms with E-state index in [2.05, 4.69) is 11.4 Å². The molecule has 1 N–H and O–H groups in total. The van der Waals surface area contributed by atoms with Crippen LogP contribution in [0.1, 0.15) is 63.2 Å². The Hall–Kier alpha value is -2.34. The Morgan fingerprint density at radius 1 is 1.22 bits per heavy atom. The lowest BCUT2D eigenvalue weighted by Crippen LogP contribution is -2.47. The standard InChI is InChI=1S/C25H31ClFNO4/c1-24(2,3)32-23(30)28-16-25(17-7-6-8-18(26)15-17)13-11-19(12-14-25)31-22(29)20-9-4-5-10-21(20)27/h4-10,17,19H,11-16H2,1-3H3,(H,28,30)/t17?,19-,25+. The second kappa shape index (κ2) is 10.1. The van der Waals surface area contributed by atoms with Gasteiger partial charge >= 0.3 is 12.1 Å². The lowest BCUT2D eigenvalue weighted by molar-refractivity contribution is -0.00489. The molecule has 3 rings (SSSR count). The van der Waals surface area contributed by atoms with E-state index in [1.807, 2.05) is 32.9 Å². The highest BCUT2D eigenvalue weighted by molar-refractivity contribution is 6.29. The third-order valence-corrected chi connectivity index (χ3v) is 6.38. The summed E-state index contributed by atoms with van der Waals surface area (Å²) in [6.45, 7) is 5.92. The summed E-state index contributed by atoms with van der Waals surface area (Å²) in [5.74, 6) is -1.08. The Morgan fingerprint density at radius 3 is 2.53 bits per heavy atom. The van der Waals surface area contributed by atoms with Crippen molar-refractivity contribution >= 4 is 23.7 Å². The average Bonchev–Trinajstić information content (AvgIpc) is 2.72. The van der Waals surface area contributed by atoms with Gasteiger partial charge in [0.2, 0.25) is 0 Å². The van der Waals surface area contributed by atoms with Crippen LogP contribution in [0.2, 0.25) is 0 Å². The molecule has 0 saturated heterocycles. The van der Waals surface area contributed by atoms with Crippen molar-refractivity contribution < 1.29 is 23.5 Å². The number of esters is 1. The summed E-state index contributed by atoms with van der Waals surface area (Å²) < 4.78 is 24.9. The Labute approximate surface area is 194 Å². The molecular formula is C25H31ClFNO4. The number of amides is 1. The number of ether oxygens (including phenoxy) is 2. The molecule has 0 bridgehead atoms. The van der Waals surface area contributed by atoms with E-state index in [1.165, 1.54) is 18.2 Å². The monoisotopic (exact) mass is 463 g/mol. The minimum absolute atomic E-state index is 0.0527. The van der Waals surface area contributed by atoms with E-state index >= 15 is 0 Å². The van der Waals surface area contributed by atoms with Crippen LogP contribution in [0.5, 0.6) is 0 Å². The topological polar surface area (TPSA) is 64.6 Å². The first-order chi connectivity index (χ1) is 15.1. The zero-order valence-electron chi connectivity index (χ0n) is 18.8. The first-order valence-electron chi connectivity index (χ1n) is 11.0. The number of alkyl carbamates (subject to hydrolysis) is 1. The molecule has 1 aromatic carbocycles.